The maximum atomic E-state index is 13.0. The Kier molecular flexibility index (Phi) is 4.17. The van der Waals surface area contributed by atoms with E-state index in [0.29, 0.717) is 19.4 Å². The van der Waals surface area contributed by atoms with E-state index in [-0.39, 0.29) is 18.0 Å². The van der Waals surface area contributed by atoms with Crippen LogP contribution < -0.4 is 0 Å². The van der Waals surface area contributed by atoms with Gasteiger partial charge in [-0.2, -0.15) is 0 Å². The predicted molar refractivity (Wildman–Crippen MR) is 100 cm³/mol. The summed E-state index contributed by atoms with van der Waals surface area (Å²) in [5.74, 6) is -0.377. The fourth-order valence-corrected chi connectivity index (χ4v) is 4.69. The summed E-state index contributed by atoms with van der Waals surface area (Å²) >= 11 is 0. The van der Waals surface area contributed by atoms with Crippen molar-refractivity contribution >= 4 is 12.1 Å². The summed E-state index contributed by atoms with van der Waals surface area (Å²) in [6.45, 7) is 2.72. The van der Waals surface area contributed by atoms with Gasteiger partial charge in [0.2, 0.25) is 0 Å². The van der Waals surface area contributed by atoms with E-state index in [0.717, 1.165) is 11.1 Å². The molecule has 0 unspecified atom stereocenters. The average Bonchev–Trinajstić information content (AvgIpc) is 2.95. The van der Waals surface area contributed by atoms with Crippen molar-refractivity contribution in [3.8, 4) is 0 Å². The first-order valence-corrected chi connectivity index (χ1v) is 9.14. The Balaban J connectivity index is 1.65. The molecule has 27 heavy (non-hydrogen) atoms. The van der Waals surface area contributed by atoms with E-state index in [2.05, 4.69) is 13.0 Å². The molecule has 2 bridgehead atoms. The first-order valence-electron chi connectivity index (χ1n) is 9.14. The van der Waals surface area contributed by atoms with Crippen LogP contribution in [-0.2, 0) is 32.7 Å². The fourth-order valence-electron chi connectivity index (χ4n) is 4.69. The molecule has 5 heteroatoms. The van der Waals surface area contributed by atoms with Crippen molar-refractivity contribution < 1.29 is 19.1 Å². The summed E-state index contributed by atoms with van der Waals surface area (Å²) in [7, 11) is 1.38. The van der Waals surface area contributed by atoms with Gasteiger partial charge in [-0.25, -0.2) is 9.59 Å². The number of hydrogen-bond acceptors (Lipinski definition) is 4. The smallest absolute Gasteiger partial charge is 0.411 e. The van der Waals surface area contributed by atoms with Gasteiger partial charge in [-0.1, -0.05) is 61.5 Å². The molecule has 1 heterocycles. The summed E-state index contributed by atoms with van der Waals surface area (Å²) < 4.78 is 10.7. The highest BCUT2D eigenvalue weighted by Crippen LogP contribution is 2.51. The molecule has 4 rings (SSSR count). The molecule has 2 aliphatic rings. The Bertz CT molecular complexity index is 881. The lowest BCUT2D eigenvalue weighted by Crippen LogP contribution is -2.55. The minimum absolute atomic E-state index is 0.178. The molecule has 1 saturated heterocycles. The lowest BCUT2D eigenvalue weighted by Gasteiger charge is -2.38. The minimum Gasteiger partial charge on any atom is -0.467 e. The lowest BCUT2D eigenvalue weighted by molar-refractivity contribution is -0.153. The highest BCUT2D eigenvalue weighted by molar-refractivity contribution is 5.88. The number of methoxy groups -OCH3 is 1. The highest BCUT2D eigenvalue weighted by Gasteiger charge is 2.62. The molecule has 1 aliphatic carbocycles. The second-order valence-corrected chi connectivity index (χ2v) is 7.72. The van der Waals surface area contributed by atoms with Crippen LogP contribution in [0.25, 0.3) is 0 Å². The number of benzene rings is 2. The monoisotopic (exact) mass is 365 g/mol. The van der Waals surface area contributed by atoms with Gasteiger partial charge in [-0.15, -0.1) is 0 Å². The number of nitrogens with zero attached hydrogens (tertiary/aromatic N) is 1. The van der Waals surface area contributed by atoms with E-state index in [4.69, 9.17) is 9.47 Å². The van der Waals surface area contributed by atoms with E-state index in [1.807, 2.05) is 48.5 Å². The van der Waals surface area contributed by atoms with Gasteiger partial charge < -0.3 is 9.47 Å². The number of fused-ring (bicyclic) bond motifs is 4. The third-order valence-corrected chi connectivity index (χ3v) is 5.85. The van der Waals surface area contributed by atoms with Gasteiger partial charge in [0.15, 0.2) is 0 Å². The third kappa shape index (κ3) is 2.78. The first kappa shape index (κ1) is 17.6. The zero-order chi connectivity index (χ0) is 19.1. The normalized spacial score (nSPS) is 25.6. The number of carbonyl (C=O) groups excluding carboxylic acids is 2. The second kappa shape index (κ2) is 6.41. The molecule has 0 aromatic heterocycles. The zero-order valence-electron chi connectivity index (χ0n) is 15.6. The van der Waals surface area contributed by atoms with Crippen molar-refractivity contribution in [1.82, 2.24) is 4.90 Å². The molecule has 5 nitrogen and oxygen atoms in total. The zero-order valence-corrected chi connectivity index (χ0v) is 15.6. The van der Waals surface area contributed by atoms with Crippen LogP contribution in [0.3, 0.4) is 0 Å². The van der Waals surface area contributed by atoms with Gasteiger partial charge in [0.25, 0.3) is 0 Å². The predicted octanol–water partition coefficient (Wildman–Crippen LogP) is 3.45. The summed E-state index contributed by atoms with van der Waals surface area (Å²) in [6.07, 6.45) is 0.525. The van der Waals surface area contributed by atoms with Gasteiger partial charge in [0.1, 0.15) is 12.1 Å². The Morgan fingerprint density at radius 1 is 1.07 bits per heavy atom. The quantitative estimate of drug-likeness (QED) is 0.782. The van der Waals surface area contributed by atoms with Gasteiger partial charge in [-0.05, 0) is 23.1 Å². The number of rotatable bonds is 3. The largest absolute Gasteiger partial charge is 0.467 e. The van der Waals surface area contributed by atoms with Gasteiger partial charge in [0, 0.05) is 18.4 Å². The summed E-state index contributed by atoms with van der Waals surface area (Å²) in [5.41, 5.74) is 1.90. The van der Waals surface area contributed by atoms with Crippen molar-refractivity contribution in [3.63, 3.8) is 0 Å². The molecule has 1 aliphatic heterocycles. The fraction of sp³-hybridized carbons (Fsp3) is 0.364. The average molecular weight is 365 g/mol. The molecule has 2 aromatic carbocycles. The summed E-state index contributed by atoms with van der Waals surface area (Å²) in [6, 6.07) is 17.6. The standard InChI is InChI=1S/C22H23NO4/c1-21-14-22(19(24)26-2,12-17-10-6-7-11-18(17)21)23(15-21)20(25)27-13-16-8-4-3-5-9-16/h3-11H,12-15H2,1-2H3/t21-,22+/m1/s1. The molecule has 2 aromatic rings. The molecule has 0 spiro atoms. The first-order chi connectivity index (χ1) is 13.0. The van der Waals surface area contributed by atoms with Crippen LogP contribution in [0, 0.1) is 0 Å². The van der Waals surface area contributed by atoms with Crippen molar-refractivity contribution in [2.45, 2.75) is 37.3 Å². The SMILES string of the molecule is COC(=O)[C@@]12Cc3ccccc3[C@@](C)(CN1C(=O)OCc1ccccc1)C2. The number of ether oxygens (including phenoxy) is 2. The third-order valence-electron chi connectivity index (χ3n) is 5.85. The molecule has 0 radical (unpaired) electrons. The van der Waals surface area contributed by atoms with Crippen molar-refractivity contribution in [3.05, 3.63) is 71.3 Å². The van der Waals surface area contributed by atoms with Crippen molar-refractivity contribution in [1.29, 1.82) is 0 Å². The Labute approximate surface area is 158 Å². The summed E-state index contributed by atoms with van der Waals surface area (Å²) in [4.78, 5) is 27.4. The van der Waals surface area contributed by atoms with E-state index < -0.39 is 11.6 Å². The Morgan fingerprint density at radius 2 is 1.78 bits per heavy atom. The molecule has 0 saturated carbocycles. The van der Waals surface area contributed by atoms with Crippen LogP contribution in [-0.4, -0.2) is 36.2 Å². The van der Waals surface area contributed by atoms with E-state index >= 15 is 0 Å². The molecule has 0 N–H and O–H groups in total. The van der Waals surface area contributed by atoms with Gasteiger partial charge in [-0.3, -0.25) is 4.90 Å². The number of amides is 1. The van der Waals surface area contributed by atoms with Gasteiger partial charge in [0.05, 0.1) is 7.11 Å². The molecule has 2 atom stereocenters. The number of carbonyl (C=O) groups is 2. The maximum absolute atomic E-state index is 13.0. The Hall–Kier alpha value is -2.82. The van der Waals surface area contributed by atoms with E-state index in [1.54, 1.807) is 4.90 Å². The minimum atomic E-state index is -1.01. The summed E-state index contributed by atoms with van der Waals surface area (Å²) in [5, 5.41) is 0. The van der Waals surface area contributed by atoms with E-state index in [1.165, 1.54) is 12.7 Å². The van der Waals surface area contributed by atoms with Crippen LogP contribution in [0.1, 0.15) is 30.0 Å². The Morgan fingerprint density at radius 3 is 2.52 bits per heavy atom. The number of likely N-dealkylation sites (tertiary alicyclic amines) is 1. The van der Waals surface area contributed by atoms with Crippen LogP contribution >= 0.6 is 0 Å². The van der Waals surface area contributed by atoms with Crippen LogP contribution in [0.5, 0.6) is 0 Å². The van der Waals surface area contributed by atoms with Gasteiger partial charge >= 0.3 is 12.1 Å². The van der Waals surface area contributed by atoms with Crippen LogP contribution in [0.2, 0.25) is 0 Å². The lowest BCUT2D eigenvalue weighted by atomic mass is 9.68. The number of esters is 1. The van der Waals surface area contributed by atoms with E-state index in [9.17, 15) is 9.59 Å². The highest BCUT2D eigenvalue weighted by atomic mass is 16.6. The molecular formula is C22H23NO4. The molecule has 1 amide bonds. The van der Waals surface area contributed by atoms with Crippen molar-refractivity contribution in [2.75, 3.05) is 13.7 Å². The molecular weight excluding hydrogens is 342 g/mol. The maximum Gasteiger partial charge on any atom is 0.411 e. The second-order valence-electron chi connectivity index (χ2n) is 7.72. The van der Waals surface area contributed by atoms with Crippen LogP contribution in [0.15, 0.2) is 54.6 Å². The number of hydrogen-bond donors (Lipinski definition) is 0. The van der Waals surface area contributed by atoms with Crippen LogP contribution in [0.4, 0.5) is 4.79 Å². The molecule has 140 valence electrons. The molecule has 1 fully saturated rings. The topological polar surface area (TPSA) is 55.8 Å². The van der Waals surface area contributed by atoms with Crippen molar-refractivity contribution in [2.24, 2.45) is 0 Å².